The molecular weight excluding hydrogens is 571 g/mol. The minimum atomic E-state index is -5.03. The molecule has 2 saturated heterocycles. The fourth-order valence-electron chi connectivity index (χ4n) is 5.95. The molecule has 0 spiro atoms. The SMILES string of the molecule is Cc1cc(F)ccc1[C@H]1C[C@@H](N2CC[C@H](C(=O)O)C2)CCN1C(=O)N(C)[C@H](C)c1cc(C(F)(F)F)cc(C(F)(F)F)c1. The number of likely N-dealkylation sites (tertiary alicyclic amines) is 2. The molecule has 6 nitrogen and oxygen atoms in total. The van der Waals surface area contributed by atoms with Gasteiger partial charge in [-0.3, -0.25) is 9.69 Å². The lowest BCUT2D eigenvalue weighted by Gasteiger charge is -2.45. The molecule has 2 fully saturated rings. The molecule has 0 saturated carbocycles. The van der Waals surface area contributed by atoms with Gasteiger partial charge in [0.1, 0.15) is 5.82 Å². The van der Waals surface area contributed by atoms with Crippen LogP contribution in [-0.2, 0) is 17.1 Å². The number of aryl methyl sites for hydroxylation is 1. The summed E-state index contributed by atoms with van der Waals surface area (Å²) in [6.45, 7) is 4.17. The standard InChI is InChI=1S/C29H32F7N3O3/c1-16-10-22(30)4-5-24(16)25-14-23(38-8-6-18(15-38)26(40)41)7-9-39(25)27(42)37(3)17(2)19-11-20(28(31,32)33)13-21(12-19)29(34,35)36/h4-5,10-13,17-18,23,25H,6-9,14-15H2,1-3H3,(H,40,41)/t17-,18+,23+,25-/m1/s1. The van der Waals surface area contributed by atoms with Crippen LogP contribution in [-0.4, -0.2) is 64.5 Å². The van der Waals surface area contributed by atoms with E-state index in [1.807, 2.05) is 0 Å². The first-order valence-electron chi connectivity index (χ1n) is 13.5. The first-order valence-corrected chi connectivity index (χ1v) is 13.5. The van der Waals surface area contributed by atoms with E-state index in [-0.39, 0.29) is 24.2 Å². The van der Waals surface area contributed by atoms with Gasteiger partial charge in [-0.05, 0) is 86.7 Å². The van der Waals surface area contributed by atoms with Crippen molar-refractivity contribution in [1.29, 1.82) is 0 Å². The predicted octanol–water partition coefficient (Wildman–Crippen LogP) is 6.90. The van der Waals surface area contributed by atoms with E-state index >= 15 is 0 Å². The van der Waals surface area contributed by atoms with E-state index in [0.29, 0.717) is 55.6 Å². The molecular formula is C29H32F7N3O3. The van der Waals surface area contributed by atoms with Crippen molar-refractivity contribution in [2.75, 3.05) is 26.7 Å². The van der Waals surface area contributed by atoms with Crippen LogP contribution in [0.5, 0.6) is 0 Å². The minimum absolute atomic E-state index is 0.0451. The fourth-order valence-corrected chi connectivity index (χ4v) is 5.95. The molecule has 2 aromatic rings. The Bertz CT molecular complexity index is 1300. The highest BCUT2D eigenvalue weighted by atomic mass is 19.4. The number of carboxylic acids is 1. The smallest absolute Gasteiger partial charge is 0.416 e. The Kier molecular flexibility index (Phi) is 8.82. The maximum absolute atomic E-state index is 14.0. The third-order valence-electron chi connectivity index (χ3n) is 8.47. The van der Waals surface area contributed by atoms with Gasteiger partial charge in [0.15, 0.2) is 0 Å². The number of benzene rings is 2. The summed E-state index contributed by atoms with van der Waals surface area (Å²) in [5.74, 6) is -1.85. The number of carboxylic acid groups (broad SMARTS) is 1. The first-order chi connectivity index (χ1) is 19.5. The quantitative estimate of drug-likeness (QED) is 0.378. The largest absolute Gasteiger partial charge is 0.481 e. The van der Waals surface area contributed by atoms with Crippen molar-refractivity contribution < 1.29 is 45.4 Å². The summed E-state index contributed by atoms with van der Waals surface area (Å²) < 4.78 is 94.8. The zero-order valence-electron chi connectivity index (χ0n) is 23.3. The van der Waals surface area contributed by atoms with Crippen LogP contribution < -0.4 is 0 Å². The van der Waals surface area contributed by atoms with Gasteiger partial charge in [-0.1, -0.05) is 6.07 Å². The van der Waals surface area contributed by atoms with Crippen LogP contribution in [0.4, 0.5) is 35.5 Å². The molecule has 0 bridgehead atoms. The molecule has 13 heteroatoms. The van der Waals surface area contributed by atoms with Gasteiger partial charge < -0.3 is 14.9 Å². The number of piperidine rings is 1. The molecule has 2 aliphatic rings. The van der Waals surface area contributed by atoms with Gasteiger partial charge >= 0.3 is 24.4 Å². The highest BCUT2D eigenvalue weighted by Crippen LogP contribution is 2.40. The number of urea groups is 1. The summed E-state index contributed by atoms with van der Waals surface area (Å²) in [4.78, 5) is 30.0. The van der Waals surface area contributed by atoms with Gasteiger partial charge in [0.05, 0.1) is 29.1 Å². The Morgan fingerprint density at radius 1 is 0.976 bits per heavy atom. The maximum atomic E-state index is 14.0. The third kappa shape index (κ3) is 6.66. The summed E-state index contributed by atoms with van der Waals surface area (Å²) in [7, 11) is 1.32. The number of alkyl halides is 6. The van der Waals surface area contributed by atoms with E-state index in [2.05, 4.69) is 4.90 Å². The van der Waals surface area contributed by atoms with E-state index in [1.54, 1.807) is 13.0 Å². The van der Waals surface area contributed by atoms with E-state index in [1.165, 1.54) is 31.0 Å². The number of nitrogens with zero attached hydrogens (tertiary/aromatic N) is 3. The first kappa shape index (κ1) is 31.6. The maximum Gasteiger partial charge on any atom is 0.416 e. The second-order valence-electron chi connectivity index (χ2n) is 11.1. The molecule has 0 radical (unpaired) electrons. The molecule has 0 aromatic heterocycles. The molecule has 4 rings (SSSR count). The van der Waals surface area contributed by atoms with Crippen LogP contribution in [0.3, 0.4) is 0 Å². The number of halogens is 7. The van der Waals surface area contributed by atoms with E-state index in [0.717, 1.165) is 4.90 Å². The molecule has 2 amide bonds. The topological polar surface area (TPSA) is 64.1 Å². The van der Waals surface area contributed by atoms with Crippen molar-refractivity contribution >= 4 is 12.0 Å². The number of aliphatic carboxylic acids is 1. The normalized spacial score (nSPS) is 22.7. The van der Waals surface area contributed by atoms with Gasteiger partial charge in [0.2, 0.25) is 0 Å². The Hall–Kier alpha value is -3.35. The molecule has 0 aliphatic carbocycles. The molecule has 2 heterocycles. The molecule has 230 valence electrons. The van der Waals surface area contributed by atoms with Crippen LogP contribution in [0.15, 0.2) is 36.4 Å². The summed E-state index contributed by atoms with van der Waals surface area (Å²) in [5.41, 5.74) is -2.03. The predicted molar refractivity (Wildman–Crippen MR) is 139 cm³/mol. The third-order valence-corrected chi connectivity index (χ3v) is 8.47. The molecule has 0 unspecified atom stereocenters. The highest BCUT2D eigenvalue weighted by molar-refractivity contribution is 5.75. The van der Waals surface area contributed by atoms with Crippen LogP contribution in [0, 0.1) is 18.7 Å². The minimum Gasteiger partial charge on any atom is -0.481 e. The van der Waals surface area contributed by atoms with Crippen molar-refractivity contribution in [1.82, 2.24) is 14.7 Å². The Balaban J connectivity index is 1.64. The lowest BCUT2D eigenvalue weighted by atomic mass is 9.88. The average Bonchev–Trinajstić information content (AvgIpc) is 3.41. The molecule has 2 aromatic carbocycles. The van der Waals surface area contributed by atoms with E-state index in [4.69, 9.17) is 0 Å². The Morgan fingerprint density at radius 3 is 2.12 bits per heavy atom. The second kappa shape index (κ2) is 11.7. The van der Waals surface area contributed by atoms with Crippen molar-refractivity contribution in [3.8, 4) is 0 Å². The van der Waals surface area contributed by atoms with Crippen molar-refractivity contribution in [2.45, 2.75) is 63.6 Å². The molecule has 2 aliphatic heterocycles. The second-order valence-corrected chi connectivity index (χ2v) is 11.1. The summed E-state index contributed by atoms with van der Waals surface area (Å²) in [5, 5.41) is 9.42. The summed E-state index contributed by atoms with van der Waals surface area (Å²) >= 11 is 0. The Labute approximate surface area is 238 Å². The number of carbonyl (C=O) groups excluding carboxylic acids is 1. The van der Waals surface area contributed by atoms with Gasteiger partial charge in [-0.25, -0.2) is 9.18 Å². The van der Waals surface area contributed by atoms with Gasteiger partial charge in [-0.15, -0.1) is 0 Å². The number of carbonyl (C=O) groups is 2. The fraction of sp³-hybridized carbons (Fsp3) is 0.517. The zero-order valence-corrected chi connectivity index (χ0v) is 23.3. The zero-order chi connectivity index (χ0) is 31.1. The lowest BCUT2D eigenvalue weighted by Crippen LogP contribution is -2.51. The van der Waals surface area contributed by atoms with Crippen molar-refractivity contribution in [2.24, 2.45) is 5.92 Å². The number of hydrogen-bond donors (Lipinski definition) is 1. The van der Waals surface area contributed by atoms with Crippen LogP contribution in [0.1, 0.15) is 66.1 Å². The number of amides is 2. The lowest BCUT2D eigenvalue weighted by molar-refractivity contribution is -0.143. The Morgan fingerprint density at radius 2 is 1.60 bits per heavy atom. The van der Waals surface area contributed by atoms with E-state index in [9.17, 15) is 45.4 Å². The molecule has 4 atom stereocenters. The van der Waals surface area contributed by atoms with Crippen molar-refractivity contribution in [3.05, 3.63) is 70.0 Å². The highest BCUT2D eigenvalue weighted by Gasteiger charge is 2.41. The molecule has 1 N–H and O–H groups in total. The van der Waals surface area contributed by atoms with Gasteiger partial charge in [0.25, 0.3) is 0 Å². The van der Waals surface area contributed by atoms with Crippen LogP contribution in [0.25, 0.3) is 0 Å². The van der Waals surface area contributed by atoms with Crippen LogP contribution in [0.2, 0.25) is 0 Å². The number of rotatable bonds is 5. The molecule has 42 heavy (non-hydrogen) atoms. The summed E-state index contributed by atoms with van der Waals surface area (Å²) in [6, 6.07) is 3.01. The summed E-state index contributed by atoms with van der Waals surface area (Å²) in [6.07, 6.45) is -8.68. The average molecular weight is 604 g/mol. The van der Waals surface area contributed by atoms with E-state index < -0.39 is 59.3 Å². The van der Waals surface area contributed by atoms with Crippen LogP contribution >= 0.6 is 0 Å². The van der Waals surface area contributed by atoms with Crippen molar-refractivity contribution in [3.63, 3.8) is 0 Å². The van der Waals surface area contributed by atoms with Gasteiger partial charge in [-0.2, -0.15) is 26.3 Å². The number of hydrogen-bond acceptors (Lipinski definition) is 3. The van der Waals surface area contributed by atoms with Gasteiger partial charge in [0, 0.05) is 26.2 Å². The monoisotopic (exact) mass is 603 g/mol.